The Morgan fingerprint density at radius 1 is 0.974 bits per heavy atom. The summed E-state index contributed by atoms with van der Waals surface area (Å²) >= 11 is 0. The van der Waals surface area contributed by atoms with Gasteiger partial charge in [0.1, 0.15) is 17.3 Å². The molecule has 202 valence electrons. The minimum atomic E-state index is -0.198. The van der Waals surface area contributed by atoms with Crippen molar-refractivity contribution < 1.29 is 14.3 Å². The van der Waals surface area contributed by atoms with Crippen LogP contribution in [0.3, 0.4) is 0 Å². The van der Waals surface area contributed by atoms with E-state index in [1.54, 1.807) is 12.1 Å². The van der Waals surface area contributed by atoms with Gasteiger partial charge in [0.15, 0.2) is 0 Å². The van der Waals surface area contributed by atoms with E-state index in [4.69, 9.17) is 4.74 Å². The van der Waals surface area contributed by atoms with Crippen LogP contribution in [0.5, 0.6) is 11.5 Å². The van der Waals surface area contributed by atoms with Gasteiger partial charge < -0.3 is 20.3 Å². The molecule has 1 fully saturated rings. The van der Waals surface area contributed by atoms with Crippen molar-refractivity contribution in [3.8, 4) is 11.5 Å². The van der Waals surface area contributed by atoms with E-state index in [-0.39, 0.29) is 11.8 Å². The quantitative estimate of drug-likeness (QED) is 0.451. The molecule has 0 atom stereocenters. The number of fused-ring (bicyclic) bond motifs is 1. The first-order valence-electron chi connectivity index (χ1n) is 13.3. The average molecular weight is 526 g/mol. The second-order valence-corrected chi connectivity index (χ2v) is 10.4. The lowest BCUT2D eigenvalue weighted by Crippen LogP contribution is -2.43. The molecule has 0 saturated carbocycles. The molecular formula is C31H35N5O3. The van der Waals surface area contributed by atoms with Crippen LogP contribution in [-0.4, -0.2) is 59.8 Å². The molecule has 1 aromatic heterocycles. The van der Waals surface area contributed by atoms with Gasteiger partial charge in [-0.3, -0.25) is 14.5 Å². The average Bonchev–Trinajstić information content (AvgIpc) is 3.37. The molecule has 3 aromatic rings. The number of nitrogens with zero attached hydrogens (tertiary/aromatic N) is 3. The zero-order chi connectivity index (χ0) is 27.5. The van der Waals surface area contributed by atoms with Crippen molar-refractivity contribution >= 4 is 29.4 Å². The number of carbonyl (C=O) groups excluding carboxylic acids is 2. The molecule has 0 unspecified atom stereocenters. The SMILES string of the molecule is CC(=O)Nc1cc(Oc2ccc(C)c(C(=O)Nc3ccc(CN4CCN(C)CC4)c(C)c3)c2)c2c(n1)CC=C2. The number of hydrogen-bond acceptors (Lipinski definition) is 6. The number of allylic oxidation sites excluding steroid dienone is 1. The Morgan fingerprint density at radius 2 is 1.77 bits per heavy atom. The largest absolute Gasteiger partial charge is 0.457 e. The third-order valence-electron chi connectivity index (χ3n) is 7.27. The molecule has 2 aromatic carbocycles. The van der Waals surface area contributed by atoms with Gasteiger partial charge >= 0.3 is 0 Å². The lowest BCUT2D eigenvalue weighted by molar-refractivity contribution is -0.114. The van der Waals surface area contributed by atoms with Gasteiger partial charge in [-0.2, -0.15) is 0 Å². The number of anilines is 2. The van der Waals surface area contributed by atoms with Crippen LogP contribution >= 0.6 is 0 Å². The maximum Gasteiger partial charge on any atom is 0.256 e. The number of likely N-dealkylation sites (N-methyl/N-ethyl adjacent to an activating group) is 1. The van der Waals surface area contributed by atoms with E-state index in [1.807, 2.05) is 43.3 Å². The van der Waals surface area contributed by atoms with Crippen LogP contribution < -0.4 is 15.4 Å². The number of pyridine rings is 1. The van der Waals surface area contributed by atoms with E-state index in [9.17, 15) is 9.59 Å². The molecule has 1 saturated heterocycles. The van der Waals surface area contributed by atoms with Crippen molar-refractivity contribution in [2.24, 2.45) is 0 Å². The summed E-state index contributed by atoms with van der Waals surface area (Å²) in [6.07, 6.45) is 4.65. The zero-order valence-electron chi connectivity index (χ0n) is 23.0. The fourth-order valence-electron chi connectivity index (χ4n) is 4.97. The van der Waals surface area contributed by atoms with Gasteiger partial charge in [0.2, 0.25) is 5.91 Å². The molecule has 5 rings (SSSR count). The van der Waals surface area contributed by atoms with Crippen molar-refractivity contribution in [1.82, 2.24) is 14.8 Å². The van der Waals surface area contributed by atoms with E-state index in [1.165, 1.54) is 12.5 Å². The molecule has 1 aliphatic carbocycles. The second-order valence-electron chi connectivity index (χ2n) is 10.4. The van der Waals surface area contributed by atoms with E-state index in [2.05, 4.69) is 45.5 Å². The minimum Gasteiger partial charge on any atom is -0.457 e. The Bertz CT molecular complexity index is 1440. The third-order valence-corrected chi connectivity index (χ3v) is 7.27. The summed E-state index contributed by atoms with van der Waals surface area (Å²) < 4.78 is 6.22. The maximum atomic E-state index is 13.3. The number of carbonyl (C=O) groups is 2. The normalized spacial score (nSPS) is 15.2. The molecule has 2 heterocycles. The Balaban J connectivity index is 1.30. The fourth-order valence-corrected chi connectivity index (χ4v) is 4.97. The van der Waals surface area contributed by atoms with Gasteiger partial charge in [0, 0.05) is 68.9 Å². The monoisotopic (exact) mass is 525 g/mol. The summed E-state index contributed by atoms with van der Waals surface area (Å²) in [4.78, 5) is 34.2. The Morgan fingerprint density at radius 3 is 2.51 bits per heavy atom. The van der Waals surface area contributed by atoms with Gasteiger partial charge in [0.25, 0.3) is 5.91 Å². The molecular weight excluding hydrogens is 490 g/mol. The first kappa shape index (κ1) is 26.6. The summed E-state index contributed by atoms with van der Waals surface area (Å²) in [7, 11) is 2.16. The molecule has 1 aliphatic heterocycles. The number of amides is 2. The zero-order valence-corrected chi connectivity index (χ0v) is 23.0. The predicted octanol–water partition coefficient (Wildman–Crippen LogP) is 5.02. The van der Waals surface area contributed by atoms with Gasteiger partial charge in [0.05, 0.1) is 5.69 Å². The number of aromatic nitrogens is 1. The number of nitrogens with one attached hydrogen (secondary N) is 2. The van der Waals surface area contributed by atoms with E-state index >= 15 is 0 Å². The van der Waals surface area contributed by atoms with Crippen LogP contribution in [0.2, 0.25) is 0 Å². The maximum absolute atomic E-state index is 13.3. The van der Waals surface area contributed by atoms with Crippen molar-refractivity contribution in [3.05, 3.63) is 82.1 Å². The molecule has 0 bridgehead atoms. The highest BCUT2D eigenvalue weighted by atomic mass is 16.5. The Kier molecular flexibility index (Phi) is 7.77. The molecule has 8 heteroatoms. The summed E-state index contributed by atoms with van der Waals surface area (Å²) in [6.45, 7) is 10.7. The van der Waals surface area contributed by atoms with E-state index in [0.717, 1.165) is 60.8 Å². The highest BCUT2D eigenvalue weighted by molar-refractivity contribution is 6.05. The molecule has 2 aliphatic rings. The standard InChI is InChI=1S/C31H35N5O3/c1-20-8-11-25(39-29-18-30(32-22(3)37)34-28-7-5-6-26(28)29)17-27(20)31(38)33-24-10-9-23(21(2)16-24)19-36-14-12-35(4)13-15-36/h5-6,8-11,16-18H,7,12-15,19H2,1-4H3,(H,33,38)(H,32,34,37). The predicted molar refractivity (Wildman–Crippen MR) is 154 cm³/mol. The van der Waals surface area contributed by atoms with Crippen LogP contribution in [-0.2, 0) is 17.8 Å². The van der Waals surface area contributed by atoms with E-state index in [0.29, 0.717) is 29.3 Å². The van der Waals surface area contributed by atoms with Crippen molar-refractivity contribution in [2.45, 2.75) is 33.7 Å². The van der Waals surface area contributed by atoms with Crippen LogP contribution in [0.25, 0.3) is 6.08 Å². The molecule has 0 radical (unpaired) electrons. The topological polar surface area (TPSA) is 86.8 Å². The van der Waals surface area contributed by atoms with Gasteiger partial charge in [-0.25, -0.2) is 4.98 Å². The lowest BCUT2D eigenvalue weighted by atomic mass is 10.1. The van der Waals surface area contributed by atoms with Crippen LogP contribution in [0.15, 0.2) is 48.5 Å². The van der Waals surface area contributed by atoms with Crippen LogP contribution in [0.4, 0.5) is 11.5 Å². The smallest absolute Gasteiger partial charge is 0.256 e. The summed E-state index contributed by atoms with van der Waals surface area (Å²) in [5.74, 6) is 1.17. The first-order chi connectivity index (χ1) is 18.7. The molecule has 2 amide bonds. The summed E-state index contributed by atoms with van der Waals surface area (Å²) in [5, 5.41) is 5.79. The minimum absolute atomic E-state index is 0.192. The third kappa shape index (κ3) is 6.35. The number of hydrogen-bond donors (Lipinski definition) is 2. The van der Waals surface area contributed by atoms with Gasteiger partial charge in [-0.05, 0) is 61.9 Å². The molecule has 0 spiro atoms. The highest BCUT2D eigenvalue weighted by Gasteiger charge is 2.19. The number of benzene rings is 2. The first-order valence-corrected chi connectivity index (χ1v) is 13.3. The second kappa shape index (κ2) is 11.4. The molecule has 8 nitrogen and oxygen atoms in total. The van der Waals surface area contributed by atoms with Crippen LogP contribution in [0, 0.1) is 13.8 Å². The summed E-state index contributed by atoms with van der Waals surface area (Å²) in [6, 6.07) is 13.3. The van der Waals surface area contributed by atoms with Crippen molar-refractivity contribution in [3.63, 3.8) is 0 Å². The number of piperazine rings is 1. The lowest BCUT2D eigenvalue weighted by Gasteiger charge is -2.32. The number of rotatable bonds is 7. The fraction of sp³-hybridized carbons (Fsp3) is 0.323. The van der Waals surface area contributed by atoms with Gasteiger partial charge in [-0.1, -0.05) is 24.3 Å². The van der Waals surface area contributed by atoms with Crippen LogP contribution in [0.1, 0.15) is 45.2 Å². The molecule has 39 heavy (non-hydrogen) atoms. The highest BCUT2D eigenvalue weighted by Crippen LogP contribution is 2.34. The number of aryl methyl sites for hydroxylation is 2. The number of ether oxygens (including phenoxy) is 1. The van der Waals surface area contributed by atoms with Crippen molar-refractivity contribution in [1.29, 1.82) is 0 Å². The molecule has 2 N–H and O–H groups in total. The Hall–Kier alpha value is -4.01. The van der Waals surface area contributed by atoms with E-state index < -0.39 is 0 Å². The van der Waals surface area contributed by atoms with Crippen molar-refractivity contribution in [2.75, 3.05) is 43.9 Å². The van der Waals surface area contributed by atoms with Gasteiger partial charge in [-0.15, -0.1) is 0 Å². The summed E-state index contributed by atoms with van der Waals surface area (Å²) in [5.41, 5.74) is 6.31. The Labute approximate surface area is 229 Å².